The van der Waals surface area contributed by atoms with Gasteiger partial charge in [-0.2, -0.15) is 0 Å². The maximum absolute atomic E-state index is 6.02. The molecule has 0 atom stereocenters. The Hall–Kier alpha value is -0.995. The number of rotatable bonds is 1. The number of nitrogens with two attached hydrogens (primary N) is 1. The summed E-state index contributed by atoms with van der Waals surface area (Å²) in [4.78, 5) is 0. The fourth-order valence-electron chi connectivity index (χ4n) is 1.88. The van der Waals surface area contributed by atoms with E-state index in [1.807, 2.05) is 52.8 Å². The van der Waals surface area contributed by atoms with Crippen LogP contribution in [0.15, 0.2) is 18.2 Å². The zero-order chi connectivity index (χ0) is 12.8. The van der Waals surface area contributed by atoms with Gasteiger partial charge in [0.1, 0.15) is 0 Å². The summed E-state index contributed by atoms with van der Waals surface area (Å²) in [5, 5.41) is 0. The lowest BCUT2D eigenvalue weighted by Gasteiger charge is -2.32. The smallest absolute Gasteiger partial charge is 0.399 e. The van der Waals surface area contributed by atoms with E-state index in [4.69, 9.17) is 15.0 Å². The zero-order valence-corrected chi connectivity index (χ0v) is 11.2. The van der Waals surface area contributed by atoms with Crippen LogP contribution in [0.25, 0.3) is 0 Å². The molecule has 92 valence electrons. The normalized spacial score (nSPS) is 21.8. The molecule has 17 heavy (non-hydrogen) atoms. The van der Waals surface area contributed by atoms with Crippen LogP contribution in [0.4, 0.5) is 5.69 Å². The second-order valence-corrected chi connectivity index (χ2v) is 5.72. The molecular weight excluding hydrogens is 213 g/mol. The summed E-state index contributed by atoms with van der Waals surface area (Å²) in [5.74, 6) is 0. The van der Waals surface area contributed by atoms with Crippen molar-refractivity contribution in [2.24, 2.45) is 0 Å². The van der Waals surface area contributed by atoms with E-state index < -0.39 is 0 Å². The lowest BCUT2D eigenvalue weighted by atomic mass is 9.77. The van der Waals surface area contributed by atoms with Gasteiger partial charge in [-0.15, -0.1) is 0 Å². The largest absolute Gasteiger partial charge is 0.496 e. The van der Waals surface area contributed by atoms with Crippen LogP contribution in [0, 0.1) is 6.92 Å². The summed E-state index contributed by atoms with van der Waals surface area (Å²) in [6.07, 6.45) is 0. The van der Waals surface area contributed by atoms with Crippen LogP contribution in [0.2, 0.25) is 0 Å². The molecule has 1 heterocycles. The minimum absolute atomic E-state index is 0.324. The Morgan fingerprint density at radius 2 is 1.59 bits per heavy atom. The van der Waals surface area contributed by atoms with Crippen LogP contribution < -0.4 is 11.2 Å². The highest BCUT2D eigenvalue weighted by molar-refractivity contribution is 6.63. The van der Waals surface area contributed by atoms with Crippen molar-refractivity contribution < 1.29 is 9.31 Å². The first kappa shape index (κ1) is 12.5. The third-order valence-electron chi connectivity index (χ3n) is 3.75. The first-order valence-electron chi connectivity index (χ1n) is 5.95. The Morgan fingerprint density at radius 1 is 1.06 bits per heavy atom. The van der Waals surface area contributed by atoms with Gasteiger partial charge in [-0.1, -0.05) is 12.1 Å². The lowest BCUT2D eigenvalue weighted by Crippen LogP contribution is -2.41. The van der Waals surface area contributed by atoms with E-state index in [2.05, 4.69) is 0 Å². The van der Waals surface area contributed by atoms with Gasteiger partial charge in [-0.3, -0.25) is 0 Å². The molecule has 0 bridgehead atoms. The summed E-state index contributed by atoms with van der Waals surface area (Å²) in [5.41, 5.74) is 8.15. The van der Waals surface area contributed by atoms with Crippen molar-refractivity contribution in [3.63, 3.8) is 0 Å². The van der Waals surface area contributed by atoms with Crippen molar-refractivity contribution in [2.75, 3.05) is 5.73 Å². The summed E-state index contributed by atoms with van der Waals surface area (Å²) in [7, 11) is -0.374. The van der Waals surface area contributed by atoms with Crippen molar-refractivity contribution >= 4 is 18.3 Å². The Bertz CT molecular complexity index is 427. The average Bonchev–Trinajstić information content (AvgIpc) is 2.35. The Kier molecular flexibility index (Phi) is 2.75. The predicted octanol–water partition coefficient (Wildman–Crippen LogP) is 1.88. The number of nitrogen functional groups attached to an aromatic ring is 1. The molecule has 2 N–H and O–H groups in total. The summed E-state index contributed by atoms with van der Waals surface area (Å²) in [6.45, 7) is 10.2. The molecule has 4 heteroatoms. The third kappa shape index (κ3) is 2.07. The van der Waals surface area contributed by atoms with E-state index in [0.29, 0.717) is 0 Å². The second-order valence-electron chi connectivity index (χ2n) is 5.72. The molecule has 1 aromatic rings. The van der Waals surface area contributed by atoms with Crippen LogP contribution in [0.1, 0.15) is 33.3 Å². The van der Waals surface area contributed by atoms with E-state index in [1.54, 1.807) is 0 Å². The summed E-state index contributed by atoms with van der Waals surface area (Å²) >= 11 is 0. The molecule has 0 aromatic heterocycles. The van der Waals surface area contributed by atoms with Gasteiger partial charge in [-0.25, -0.2) is 0 Å². The Balaban J connectivity index is 2.32. The quantitative estimate of drug-likeness (QED) is 0.595. The molecule has 1 aromatic carbocycles. The Morgan fingerprint density at radius 3 is 2.06 bits per heavy atom. The van der Waals surface area contributed by atoms with E-state index in [-0.39, 0.29) is 18.3 Å². The van der Waals surface area contributed by atoms with Crippen LogP contribution in [-0.2, 0) is 9.31 Å². The molecule has 0 radical (unpaired) electrons. The van der Waals surface area contributed by atoms with Crippen LogP contribution >= 0.6 is 0 Å². The maximum atomic E-state index is 6.02. The van der Waals surface area contributed by atoms with E-state index in [9.17, 15) is 0 Å². The number of hydrogen-bond donors (Lipinski definition) is 1. The molecule has 0 aliphatic carbocycles. The van der Waals surface area contributed by atoms with Crippen molar-refractivity contribution in [1.29, 1.82) is 0 Å². The molecular formula is C13H20BNO2. The molecule has 0 unspecified atom stereocenters. The molecule has 2 rings (SSSR count). The Labute approximate surface area is 103 Å². The first-order chi connectivity index (χ1) is 7.73. The maximum Gasteiger partial charge on any atom is 0.496 e. The fraction of sp³-hybridized carbons (Fsp3) is 0.538. The number of benzene rings is 1. The molecule has 1 aliphatic heterocycles. The predicted molar refractivity (Wildman–Crippen MR) is 71.3 cm³/mol. The third-order valence-corrected chi connectivity index (χ3v) is 3.75. The zero-order valence-electron chi connectivity index (χ0n) is 11.2. The monoisotopic (exact) mass is 233 g/mol. The van der Waals surface area contributed by atoms with Crippen molar-refractivity contribution in [3.8, 4) is 0 Å². The highest BCUT2D eigenvalue weighted by Crippen LogP contribution is 2.36. The minimum Gasteiger partial charge on any atom is -0.399 e. The lowest BCUT2D eigenvalue weighted by molar-refractivity contribution is 0.00578. The van der Waals surface area contributed by atoms with Gasteiger partial charge in [0.25, 0.3) is 0 Å². The van der Waals surface area contributed by atoms with E-state index in [0.717, 1.165) is 16.7 Å². The summed E-state index contributed by atoms with van der Waals surface area (Å²) in [6, 6.07) is 5.95. The van der Waals surface area contributed by atoms with Gasteiger partial charge < -0.3 is 15.0 Å². The molecule has 1 saturated heterocycles. The number of anilines is 1. The van der Waals surface area contributed by atoms with Gasteiger partial charge in [0.2, 0.25) is 0 Å². The molecule has 3 nitrogen and oxygen atoms in total. The topological polar surface area (TPSA) is 44.5 Å². The SMILES string of the molecule is Cc1ccc(B2OC(C)(C)C(C)(C)O2)c(N)c1. The number of aryl methyl sites for hydroxylation is 1. The molecule has 0 spiro atoms. The number of hydrogen-bond acceptors (Lipinski definition) is 3. The molecule has 1 fully saturated rings. The van der Waals surface area contributed by atoms with E-state index >= 15 is 0 Å². The van der Waals surface area contributed by atoms with Gasteiger partial charge in [0, 0.05) is 11.2 Å². The fourth-order valence-corrected chi connectivity index (χ4v) is 1.88. The van der Waals surface area contributed by atoms with E-state index in [1.165, 1.54) is 0 Å². The van der Waals surface area contributed by atoms with Crippen LogP contribution in [0.3, 0.4) is 0 Å². The van der Waals surface area contributed by atoms with Crippen LogP contribution in [0.5, 0.6) is 0 Å². The standard InChI is InChI=1S/C13H20BNO2/c1-9-6-7-10(11(15)8-9)14-16-12(2,3)13(4,5)17-14/h6-8H,15H2,1-5H3. The highest BCUT2D eigenvalue weighted by Gasteiger charge is 2.52. The van der Waals surface area contributed by atoms with Gasteiger partial charge in [0.15, 0.2) is 0 Å². The summed E-state index contributed by atoms with van der Waals surface area (Å²) < 4.78 is 11.9. The van der Waals surface area contributed by atoms with Crippen molar-refractivity contribution in [2.45, 2.75) is 45.8 Å². The van der Waals surface area contributed by atoms with Gasteiger partial charge in [0.05, 0.1) is 11.2 Å². The van der Waals surface area contributed by atoms with Crippen molar-refractivity contribution in [1.82, 2.24) is 0 Å². The minimum atomic E-state index is -0.374. The van der Waals surface area contributed by atoms with Crippen LogP contribution in [-0.4, -0.2) is 18.3 Å². The first-order valence-corrected chi connectivity index (χ1v) is 5.95. The van der Waals surface area contributed by atoms with Gasteiger partial charge >= 0.3 is 7.12 Å². The second kappa shape index (κ2) is 3.75. The average molecular weight is 233 g/mol. The van der Waals surface area contributed by atoms with Gasteiger partial charge in [-0.05, 0) is 46.2 Å². The molecule has 0 saturated carbocycles. The van der Waals surface area contributed by atoms with Crippen molar-refractivity contribution in [3.05, 3.63) is 23.8 Å². The highest BCUT2D eigenvalue weighted by atomic mass is 16.7. The molecule has 1 aliphatic rings. The molecule has 0 amide bonds.